The second-order valence-electron chi connectivity index (χ2n) is 3.34. The first-order chi connectivity index (χ1) is 7.61. The van der Waals surface area contributed by atoms with Crippen LogP contribution in [0.2, 0.25) is 0 Å². The fourth-order valence-electron chi connectivity index (χ4n) is 0.931. The summed E-state index contributed by atoms with van der Waals surface area (Å²) < 4.78 is 10.4. The van der Waals surface area contributed by atoms with Gasteiger partial charge < -0.3 is 20.1 Å². The van der Waals surface area contributed by atoms with Crippen molar-refractivity contribution < 1.29 is 9.47 Å². The van der Waals surface area contributed by atoms with Crippen LogP contribution >= 0.6 is 0 Å². The minimum atomic E-state index is 0.0957. The molecule has 7 heteroatoms. The van der Waals surface area contributed by atoms with Crippen LogP contribution in [0, 0.1) is 0 Å². The maximum absolute atomic E-state index is 5.49. The molecule has 1 aromatic rings. The van der Waals surface area contributed by atoms with Crippen LogP contribution in [0.15, 0.2) is 0 Å². The molecule has 0 fully saturated rings. The molecule has 0 aliphatic heterocycles. The molecule has 1 rings (SSSR count). The third kappa shape index (κ3) is 4.26. The summed E-state index contributed by atoms with van der Waals surface area (Å²) >= 11 is 0. The Kier molecular flexibility index (Phi) is 4.71. The van der Waals surface area contributed by atoms with Gasteiger partial charge in [-0.15, -0.1) is 4.98 Å². The zero-order valence-corrected chi connectivity index (χ0v) is 9.80. The molecule has 0 saturated heterocycles. The lowest BCUT2D eigenvalue weighted by Crippen LogP contribution is -2.20. The minimum Gasteiger partial charge on any atom is -0.464 e. The Bertz CT molecular complexity index is 332. The number of rotatable bonds is 6. The fraction of sp³-hybridized carbons (Fsp3) is 0.667. The topological polar surface area (TPSA) is 86.4 Å². The summed E-state index contributed by atoms with van der Waals surface area (Å²) in [6.07, 6.45) is 0. The number of hydrogen-bond donors (Lipinski definition) is 1. The summed E-state index contributed by atoms with van der Waals surface area (Å²) in [7, 11) is 3.91. The van der Waals surface area contributed by atoms with Gasteiger partial charge in [0.2, 0.25) is 5.95 Å². The third-order valence-corrected chi connectivity index (χ3v) is 1.65. The Hall–Kier alpha value is -1.63. The van der Waals surface area contributed by atoms with E-state index in [1.165, 1.54) is 0 Å². The van der Waals surface area contributed by atoms with E-state index in [0.717, 1.165) is 6.54 Å². The van der Waals surface area contributed by atoms with E-state index in [4.69, 9.17) is 15.2 Å². The van der Waals surface area contributed by atoms with E-state index in [0.29, 0.717) is 13.2 Å². The zero-order chi connectivity index (χ0) is 12.0. The number of hydrogen-bond acceptors (Lipinski definition) is 7. The van der Waals surface area contributed by atoms with E-state index < -0.39 is 0 Å². The average Bonchev–Trinajstić information content (AvgIpc) is 2.16. The van der Waals surface area contributed by atoms with Gasteiger partial charge in [0.15, 0.2) is 0 Å². The molecule has 0 radical (unpaired) electrons. The molecule has 0 spiro atoms. The van der Waals surface area contributed by atoms with Gasteiger partial charge in [-0.2, -0.15) is 9.97 Å². The molecule has 1 heterocycles. The van der Waals surface area contributed by atoms with Crippen molar-refractivity contribution in [1.82, 2.24) is 19.9 Å². The number of nitrogen functional groups attached to an aromatic ring is 1. The van der Waals surface area contributed by atoms with Crippen molar-refractivity contribution in [3.8, 4) is 12.0 Å². The van der Waals surface area contributed by atoms with Gasteiger partial charge in [-0.25, -0.2) is 0 Å². The molecule has 0 aromatic carbocycles. The van der Waals surface area contributed by atoms with Crippen LogP contribution in [-0.2, 0) is 0 Å². The number of nitrogens with two attached hydrogens (primary N) is 1. The normalized spacial score (nSPS) is 10.5. The van der Waals surface area contributed by atoms with E-state index in [-0.39, 0.29) is 18.0 Å². The molecule has 0 bridgehead atoms. The van der Waals surface area contributed by atoms with Crippen LogP contribution < -0.4 is 15.2 Å². The molecular formula is C9H17N5O2. The third-order valence-electron chi connectivity index (χ3n) is 1.65. The number of aromatic nitrogens is 3. The summed E-state index contributed by atoms with van der Waals surface area (Å²) in [4.78, 5) is 13.6. The van der Waals surface area contributed by atoms with Crippen LogP contribution in [-0.4, -0.2) is 53.7 Å². The quantitative estimate of drug-likeness (QED) is 0.719. The van der Waals surface area contributed by atoms with Crippen LogP contribution in [0.3, 0.4) is 0 Å². The molecule has 7 nitrogen and oxygen atoms in total. The van der Waals surface area contributed by atoms with E-state index >= 15 is 0 Å². The summed E-state index contributed by atoms with van der Waals surface area (Å²) in [5, 5.41) is 0. The molecule has 0 unspecified atom stereocenters. The molecule has 1 aromatic heterocycles. The van der Waals surface area contributed by atoms with Gasteiger partial charge in [0.25, 0.3) is 0 Å². The number of likely N-dealkylation sites (N-methyl/N-ethyl adjacent to an activating group) is 1. The van der Waals surface area contributed by atoms with Gasteiger partial charge in [-0.05, 0) is 21.0 Å². The number of nitrogens with zero attached hydrogens (tertiary/aromatic N) is 4. The van der Waals surface area contributed by atoms with Crippen LogP contribution in [0.1, 0.15) is 6.92 Å². The lowest BCUT2D eigenvalue weighted by molar-refractivity contribution is 0.237. The molecule has 0 atom stereocenters. The van der Waals surface area contributed by atoms with Gasteiger partial charge >= 0.3 is 12.0 Å². The monoisotopic (exact) mass is 227 g/mol. The first-order valence-electron chi connectivity index (χ1n) is 5.03. The van der Waals surface area contributed by atoms with Crippen molar-refractivity contribution in [3.63, 3.8) is 0 Å². The van der Waals surface area contributed by atoms with Gasteiger partial charge in [0, 0.05) is 6.54 Å². The predicted octanol–water partition coefficient (Wildman–Crippen LogP) is -0.207. The Morgan fingerprint density at radius 1 is 1.12 bits per heavy atom. The number of ether oxygens (including phenoxy) is 2. The van der Waals surface area contributed by atoms with Crippen molar-refractivity contribution in [2.75, 3.05) is 39.6 Å². The standard InChI is InChI=1S/C9H17N5O2/c1-4-15-8-11-7(10)12-9(13-8)16-6-5-14(2)3/h4-6H2,1-3H3,(H2,10,11,12,13). The lowest BCUT2D eigenvalue weighted by atomic mass is 10.6. The van der Waals surface area contributed by atoms with Crippen molar-refractivity contribution >= 4 is 5.95 Å². The Morgan fingerprint density at radius 3 is 2.31 bits per heavy atom. The Balaban J connectivity index is 2.58. The van der Waals surface area contributed by atoms with Crippen molar-refractivity contribution in [2.45, 2.75) is 6.92 Å². The van der Waals surface area contributed by atoms with Gasteiger partial charge in [-0.1, -0.05) is 0 Å². The van der Waals surface area contributed by atoms with Crippen molar-refractivity contribution in [1.29, 1.82) is 0 Å². The highest BCUT2D eigenvalue weighted by Gasteiger charge is 2.05. The summed E-state index contributed by atoms with van der Waals surface area (Å²) in [6, 6.07) is 0.382. The summed E-state index contributed by atoms with van der Waals surface area (Å²) in [6.45, 7) is 3.57. The minimum absolute atomic E-state index is 0.0957. The molecule has 2 N–H and O–H groups in total. The van der Waals surface area contributed by atoms with E-state index in [1.54, 1.807) is 0 Å². The Morgan fingerprint density at radius 2 is 1.75 bits per heavy atom. The van der Waals surface area contributed by atoms with E-state index in [2.05, 4.69) is 15.0 Å². The molecule has 16 heavy (non-hydrogen) atoms. The molecule has 0 aliphatic carbocycles. The highest BCUT2D eigenvalue weighted by molar-refractivity contribution is 5.20. The molecular weight excluding hydrogens is 210 g/mol. The highest BCUT2D eigenvalue weighted by atomic mass is 16.5. The molecule has 90 valence electrons. The smallest absolute Gasteiger partial charge is 0.324 e. The maximum Gasteiger partial charge on any atom is 0.324 e. The molecule has 0 aliphatic rings. The first-order valence-corrected chi connectivity index (χ1v) is 5.03. The van der Waals surface area contributed by atoms with Gasteiger partial charge in [0.05, 0.1) is 6.61 Å². The second kappa shape index (κ2) is 6.06. The van der Waals surface area contributed by atoms with Crippen molar-refractivity contribution in [2.24, 2.45) is 0 Å². The van der Waals surface area contributed by atoms with Gasteiger partial charge in [-0.3, -0.25) is 0 Å². The second-order valence-corrected chi connectivity index (χ2v) is 3.34. The number of anilines is 1. The first kappa shape index (κ1) is 12.4. The van der Waals surface area contributed by atoms with Crippen molar-refractivity contribution in [3.05, 3.63) is 0 Å². The average molecular weight is 227 g/mol. The fourth-order valence-corrected chi connectivity index (χ4v) is 0.931. The van der Waals surface area contributed by atoms with Crippen LogP contribution in [0.5, 0.6) is 12.0 Å². The summed E-state index contributed by atoms with van der Waals surface area (Å²) in [5.74, 6) is 0.0957. The van der Waals surface area contributed by atoms with Crippen LogP contribution in [0.4, 0.5) is 5.95 Å². The highest BCUT2D eigenvalue weighted by Crippen LogP contribution is 2.10. The largest absolute Gasteiger partial charge is 0.464 e. The predicted molar refractivity (Wildman–Crippen MR) is 59.5 cm³/mol. The maximum atomic E-state index is 5.49. The SMILES string of the molecule is CCOc1nc(N)nc(OCCN(C)C)n1. The molecule has 0 saturated carbocycles. The lowest BCUT2D eigenvalue weighted by Gasteiger charge is -2.10. The van der Waals surface area contributed by atoms with E-state index in [1.807, 2.05) is 25.9 Å². The van der Waals surface area contributed by atoms with E-state index in [9.17, 15) is 0 Å². The Labute approximate surface area is 94.6 Å². The van der Waals surface area contributed by atoms with Crippen LogP contribution in [0.25, 0.3) is 0 Å². The molecule has 0 amide bonds. The zero-order valence-electron chi connectivity index (χ0n) is 9.80. The summed E-state index contributed by atoms with van der Waals surface area (Å²) in [5.41, 5.74) is 5.49. The van der Waals surface area contributed by atoms with Gasteiger partial charge in [0.1, 0.15) is 6.61 Å².